The molecule has 104 valence electrons. The largest absolute Gasteiger partial charge is 0.508 e. The molecule has 20 heavy (non-hydrogen) atoms. The van der Waals surface area contributed by atoms with Gasteiger partial charge in [-0.25, -0.2) is 0 Å². The summed E-state index contributed by atoms with van der Waals surface area (Å²) in [6.07, 6.45) is 0. The first-order valence-corrected chi connectivity index (χ1v) is 6.14. The van der Waals surface area contributed by atoms with E-state index in [2.05, 4.69) is 4.98 Å². The number of carbonyl (C=O) groups excluding carboxylic acids is 1. The van der Waals surface area contributed by atoms with Crippen molar-refractivity contribution in [3.8, 4) is 17.2 Å². The molecular formula is C15H16N2O3. The maximum atomic E-state index is 11.5. The van der Waals surface area contributed by atoms with E-state index in [0.717, 1.165) is 5.69 Å². The third kappa shape index (κ3) is 2.56. The summed E-state index contributed by atoms with van der Waals surface area (Å²) < 4.78 is 5.74. The molecule has 0 unspecified atom stereocenters. The third-order valence-electron chi connectivity index (χ3n) is 3.01. The van der Waals surface area contributed by atoms with Crippen LogP contribution in [-0.4, -0.2) is 16.0 Å². The lowest BCUT2D eigenvalue weighted by molar-refractivity contribution is 0.0997. The van der Waals surface area contributed by atoms with Crippen LogP contribution < -0.4 is 10.5 Å². The Balaban J connectivity index is 2.53. The number of benzene rings is 1. The van der Waals surface area contributed by atoms with E-state index in [4.69, 9.17) is 10.5 Å². The van der Waals surface area contributed by atoms with Crippen molar-refractivity contribution in [2.45, 2.75) is 20.8 Å². The second kappa shape index (κ2) is 5.21. The van der Waals surface area contributed by atoms with Gasteiger partial charge in [0.05, 0.1) is 5.69 Å². The SMILES string of the molecule is Cc1cc(Oc2cccc(O)c2C)c(C(N)=O)c(C)n1. The molecule has 0 atom stereocenters. The molecular weight excluding hydrogens is 256 g/mol. The second-order valence-electron chi connectivity index (χ2n) is 4.59. The van der Waals surface area contributed by atoms with Crippen LogP contribution in [0.4, 0.5) is 0 Å². The van der Waals surface area contributed by atoms with Gasteiger partial charge >= 0.3 is 0 Å². The zero-order valence-corrected chi connectivity index (χ0v) is 11.6. The minimum Gasteiger partial charge on any atom is -0.508 e. The zero-order chi connectivity index (χ0) is 14.9. The lowest BCUT2D eigenvalue weighted by Crippen LogP contribution is -2.15. The summed E-state index contributed by atoms with van der Waals surface area (Å²) in [7, 11) is 0. The number of hydrogen-bond acceptors (Lipinski definition) is 4. The van der Waals surface area contributed by atoms with Gasteiger partial charge in [0.2, 0.25) is 0 Å². The van der Waals surface area contributed by atoms with Crippen LogP contribution in [0.2, 0.25) is 0 Å². The smallest absolute Gasteiger partial charge is 0.254 e. The molecule has 0 aliphatic heterocycles. The van der Waals surface area contributed by atoms with Crippen LogP contribution in [0.1, 0.15) is 27.3 Å². The molecule has 0 spiro atoms. The predicted octanol–water partition coefficient (Wildman–Crippen LogP) is 2.60. The highest BCUT2D eigenvalue weighted by Crippen LogP contribution is 2.32. The van der Waals surface area contributed by atoms with Crippen LogP contribution in [0.15, 0.2) is 24.3 Å². The maximum absolute atomic E-state index is 11.5. The lowest BCUT2D eigenvalue weighted by atomic mass is 10.1. The summed E-state index contributed by atoms with van der Waals surface area (Å²) in [5.74, 6) is 0.349. The van der Waals surface area contributed by atoms with Crippen molar-refractivity contribution in [3.05, 3.63) is 46.8 Å². The quantitative estimate of drug-likeness (QED) is 0.899. The molecule has 1 heterocycles. The van der Waals surface area contributed by atoms with Crippen molar-refractivity contribution in [3.63, 3.8) is 0 Å². The van der Waals surface area contributed by atoms with E-state index in [1.54, 1.807) is 45.0 Å². The molecule has 0 radical (unpaired) electrons. The van der Waals surface area contributed by atoms with Gasteiger partial charge in [-0.3, -0.25) is 9.78 Å². The number of rotatable bonds is 3. The Bertz CT molecular complexity index is 681. The van der Waals surface area contributed by atoms with E-state index >= 15 is 0 Å². The first-order valence-electron chi connectivity index (χ1n) is 6.14. The third-order valence-corrected chi connectivity index (χ3v) is 3.01. The monoisotopic (exact) mass is 272 g/mol. The Morgan fingerprint density at radius 3 is 2.60 bits per heavy atom. The Hall–Kier alpha value is -2.56. The van der Waals surface area contributed by atoms with E-state index in [9.17, 15) is 9.90 Å². The van der Waals surface area contributed by atoms with Crippen LogP contribution in [0.25, 0.3) is 0 Å². The van der Waals surface area contributed by atoms with Gasteiger partial charge in [-0.2, -0.15) is 0 Å². The lowest BCUT2D eigenvalue weighted by Gasteiger charge is -2.14. The standard InChI is InChI=1S/C15H16N2O3/c1-8-7-13(14(15(16)19)10(3)17-8)20-12-6-4-5-11(18)9(12)2/h4-7,18H,1-3H3,(H2,16,19). The molecule has 5 nitrogen and oxygen atoms in total. The number of phenolic OH excluding ortho intramolecular Hbond substituents is 1. The van der Waals surface area contributed by atoms with Crippen LogP contribution >= 0.6 is 0 Å². The first-order chi connectivity index (χ1) is 9.40. The number of amides is 1. The number of pyridine rings is 1. The molecule has 1 aromatic carbocycles. The van der Waals surface area contributed by atoms with Gasteiger partial charge in [0.1, 0.15) is 22.8 Å². The number of aromatic hydroxyl groups is 1. The summed E-state index contributed by atoms with van der Waals surface area (Å²) in [5, 5.41) is 9.68. The van der Waals surface area contributed by atoms with Crippen molar-refractivity contribution < 1.29 is 14.6 Å². The molecule has 0 saturated heterocycles. The summed E-state index contributed by atoms with van der Waals surface area (Å²) in [6.45, 7) is 5.24. The van der Waals surface area contributed by atoms with E-state index < -0.39 is 5.91 Å². The maximum Gasteiger partial charge on any atom is 0.254 e. The number of primary amides is 1. The molecule has 1 aromatic heterocycles. The highest BCUT2D eigenvalue weighted by Gasteiger charge is 2.16. The number of aryl methyl sites for hydroxylation is 2. The van der Waals surface area contributed by atoms with Crippen molar-refractivity contribution in [2.75, 3.05) is 0 Å². The Morgan fingerprint density at radius 1 is 1.25 bits per heavy atom. The van der Waals surface area contributed by atoms with Gasteiger partial charge in [-0.05, 0) is 32.9 Å². The summed E-state index contributed by atoms with van der Waals surface area (Å²) in [4.78, 5) is 15.8. The summed E-state index contributed by atoms with van der Waals surface area (Å²) >= 11 is 0. The van der Waals surface area contributed by atoms with Gasteiger partial charge in [-0.15, -0.1) is 0 Å². The van der Waals surface area contributed by atoms with Crippen LogP contribution in [0.3, 0.4) is 0 Å². The van der Waals surface area contributed by atoms with Gasteiger partial charge in [0.25, 0.3) is 5.91 Å². The minimum absolute atomic E-state index is 0.130. The number of ether oxygens (including phenoxy) is 1. The highest BCUT2D eigenvalue weighted by atomic mass is 16.5. The number of nitrogens with two attached hydrogens (primary N) is 1. The molecule has 2 rings (SSSR count). The fourth-order valence-corrected chi connectivity index (χ4v) is 2.01. The molecule has 5 heteroatoms. The van der Waals surface area contributed by atoms with Gasteiger partial charge in [0, 0.05) is 17.3 Å². The molecule has 0 fully saturated rings. The van der Waals surface area contributed by atoms with Crippen molar-refractivity contribution in [1.29, 1.82) is 0 Å². The normalized spacial score (nSPS) is 10.3. The van der Waals surface area contributed by atoms with Gasteiger partial charge < -0.3 is 15.6 Å². The van der Waals surface area contributed by atoms with Crippen molar-refractivity contribution in [2.24, 2.45) is 5.73 Å². The Labute approximate surface area is 117 Å². The highest BCUT2D eigenvalue weighted by molar-refractivity contribution is 5.96. The predicted molar refractivity (Wildman–Crippen MR) is 75.1 cm³/mol. The Kier molecular flexibility index (Phi) is 3.61. The molecule has 2 aromatic rings. The van der Waals surface area contributed by atoms with Gasteiger partial charge in [0.15, 0.2) is 0 Å². The Morgan fingerprint density at radius 2 is 1.95 bits per heavy atom. The number of phenols is 1. The fraction of sp³-hybridized carbons (Fsp3) is 0.200. The number of carbonyl (C=O) groups is 1. The molecule has 0 aliphatic rings. The molecule has 1 amide bonds. The molecule has 0 aliphatic carbocycles. The average Bonchev–Trinajstić information content (AvgIpc) is 2.33. The summed E-state index contributed by atoms with van der Waals surface area (Å²) in [5.41, 5.74) is 7.46. The molecule has 0 saturated carbocycles. The number of hydrogen-bond donors (Lipinski definition) is 2. The fourth-order valence-electron chi connectivity index (χ4n) is 2.01. The van der Waals surface area contributed by atoms with Crippen LogP contribution in [0, 0.1) is 20.8 Å². The van der Waals surface area contributed by atoms with E-state index in [1.807, 2.05) is 0 Å². The molecule has 3 N–H and O–H groups in total. The second-order valence-corrected chi connectivity index (χ2v) is 4.59. The first kappa shape index (κ1) is 13.9. The van der Waals surface area contributed by atoms with Crippen molar-refractivity contribution in [1.82, 2.24) is 4.98 Å². The van der Waals surface area contributed by atoms with E-state index in [1.165, 1.54) is 0 Å². The van der Waals surface area contributed by atoms with E-state index in [0.29, 0.717) is 22.8 Å². The van der Waals surface area contributed by atoms with Crippen LogP contribution in [0.5, 0.6) is 17.2 Å². The average molecular weight is 272 g/mol. The number of aromatic nitrogens is 1. The van der Waals surface area contributed by atoms with Crippen molar-refractivity contribution >= 4 is 5.91 Å². The van der Waals surface area contributed by atoms with Crippen LogP contribution in [-0.2, 0) is 0 Å². The van der Waals surface area contributed by atoms with E-state index in [-0.39, 0.29) is 11.3 Å². The number of nitrogens with zero attached hydrogens (tertiary/aromatic N) is 1. The minimum atomic E-state index is -0.595. The summed E-state index contributed by atoms with van der Waals surface area (Å²) in [6, 6.07) is 6.60. The van der Waals surface area contributed by atoms with Gasteiger partial charge in [-0.1, -0.05) is 6.07 Å². The zero-order valence-electron chi connectivity index (χ0n) is 11.6. The molecule has 0 bridgehead atoms. The topological polar surface area (TPSA) is 85.4 Å².